The number of aryl methyl sites for hydroxylation is 2. The predicted octanol–water partition coefficient (Wildman–Crippen LogP) is 2.38. The molecular formula is C20H29N5O2. The number of amides is 2. The zero-order valence-corrected chi connectivity index (χ0v) is 16.7. The summed E-state index contributed by atoms with van der Waals surface area (Å²) in [5, 5.41) is 7.54. The summed E-state index contributed by atoms with van der Waals surface area (Å²) in [6.07, 6.45) is 1.05. The minimum absolute atomic E-state index is 0.105. The fourth-order valence-electron chi connectivity index (χ4n) is 3.36. The van der Waals surface area contributed by atoms with Crippen LogP contribution in [0.4, 0.5) is 4.79 Å². The van der Waals surface area contributed by atoms with Crippen LogP contribution in [-0.2, 0) is 26.2 Å². The zero-order valence-electron chi connectivity index (χ0n) is 16.7. The third-order valence-corrected chi connectivity index (χ3v) is 4.81. The van der Waals surface area contributed by atoms with E-state index >= 15 is 0 Å². The first kappa shape index (κ1) is 19.2. The number of fused-ring (bicyclic) bond motifs is 1. The number of carbonyl (C=O) groups is 1. The van der Waals surface area contributed by atoms with Crippen molar-refractivity contribution in [3.63, 3.8) is 0 Å². The van der Waals surface area contributed by atoms with E-state index in [4.69, 9.17) is 4.74 Å². The van der Waals surface area contributed by atoms with Gasteiger partial charge in [0.2, 0.25) is 0 Å². The molecule has 0 fully saturated rings. The first-order valence-electron chi connectivity index (χ1n) is 9.33. The number of carbonyl (C=O) groups excluding carboxylic acids is 1. The Kier molecular flexibility index (Phi) is 6.01. The average molecular weight is 371 g/mol. The molecule has 3 rings (SSSR count). The third-order valence-electron chi connectivity index (χ3n) is 4.81. The maximum absolute atomic E-state index is 11.7. The summed E-state index contributed by atoms with van der Waals surface area (Å²) in [5.74, 6) is 0.944. The molecule has 27 heavy (non-hydrogen) atoms. The SMILES string of the molecule is COc1cc(C)ccc1CN1CCCn2nc(CNC(=O)N(C)C)cc2C1. The summed E-state index contributed by atoms with van der Waals surface area (Å²) in [6.45, 7) is 6.13. The lowest BCUT2D eigenvalue weighted by molar-refractivity contribution is 0.217. The van der Waals surface area contributed by atoms with E-state index in [9.17, 15) is 4.79 Å². The zero-order chi connectivity index (χ0) is 19.4. The Morgan fingerprint density at radius 1 is 1.30 bits per heavy atom. The summed E-state index contributed by atoms with van der Waals surface area (Å²) in [5.41, 5.74) is 4.49. The van der Waals surface area contributed by atoms with E-state index in [1.54, 1.807) is 21.2 Å². The second-order valence-corrected chi connectivity index (χ2v) is 7.28. The van der Waals surface area contributed by atoms with E-state index in [-0.39, 0.29) is 6.03 Å². The van der Waals surface area contributed by atoms with Gasteiger partial charge in [0, 0.05) is 45.8 Å². The molecular weight excluding hydrogens is 342 g/mol. The van der Waals surface area contributed by atoms with Crippen molar-refractivity contribution in [3.05, 3.63) is 46.8 Å². The molecule has 1 N–H and O–H groups in total. The largest absolute Gasteiger partial charge is 0.496 e. The second kappa shape index (κ2) is 8.43. The molecule has 0 bridgehead atoms. The molecule has 1 aliphatic rings. The first-order chi connectivity index (χ1) is 13.0. The van der Waals surface area contributed by atoms with Crippen LogP contribution in [0, 0.1) is 6.92 Å². The van der Waals surface area contributed by atoms with Gasteiger partial charge in [0.15, 0.2) is 0 Å². The maximum Gasteiger partial charge on any atom is 0.317 e. The molecule has 0 spiro atoms. The molecule has 0 unspecified atom stereocenters. The summed E-state index contributed by atoms with van der Waals surface area (Å²) in [4.78, 5) is 15.7. The number of ether oxygens (including phenoxy) is 1. The molecule has 0 atom stereocenters. The van der Waals surface area contributed by atoms with Crippen LogP contribution in [0.25, 0.3) is 0 Å². The number of hydrogen-bond donors (Lipinski definition) is 1. The van der Waals surface area contributed by atoms with Gasteiger partial charge in [0.05, 0.1) is 25.0 Å². The van der Waals surface area contributed by atoms with Crippen LogP contribution in [0.5, 0.6) is 5.75 Å². The molecule has 0 radical (unpaired) electrons. The van der Waals surface area contributed by atoms with Crippen molar-refractivity contribution in [2.45, 2.75) is 39.5 Å². The normalized spacial score (nSPS) is 14.4. The number of methoxy groups -OCH3 is 1. The van der Waals surface area contributed by atoms with Gasteiger partial charge in [-0.1, -0.05) is 12.1 Å². The molecule has 2 aromatic rings. The van der Waals surface area contributed by atoms with Crippen molar-refractivity contribution in [2.24, 2.45) is 0 Å². The maximum atomic E-state index is 11.7. The number of urea groups is 1. The standard InChI is InChI=1S/C20H29N5O2/c1-15-6-7-16(19(10-15)27-4)13-24-8-5-9-25-18(14-24)11-17(22-25)12-21-20(26)23(2)3/h6-7,10-11H,5,8-9,12-14H2,1-4H3,(H,21,26). The molecule has 146 valence electrons. The van der Waals surface area contributed by atoms with Gasteiger partial charge in [-0.15, -0.1) is 0 Å². The van der Waals surface area contributed by atoms with E-state index in [2.05, 4.69) is 51.2 Å². The lowest BCUT2D eigenvalue weighted by Gasteiger charge is -2.21. The Bertz CT molecular complexity index is 800. The fourth-order valence-corrected chi connectivity index (χ4v) is 3.36. The van der Waals surface area contributed by atoms with Gasteiger partial charge in [0.1, 0.15) is 5.75 Å². The Labute approximate surface area is 160 Å². The highest BCUT2D eigenvalue weighted by atomic mass is 16.5. The van der Waals surface area contributed by atoms with Crippen molar-refractivity contribution < 1.29 is 9.53 Å². The minimum atomic E-state index is -0.105. The molecule has 1 aromatic heterocycles. The van der Waals surface area contributed by atoms with Crippen LogP contribution in [-0.4, -0.2) is 53.4 Å². The van der Waals surface area contributed by atoms with Crippen LogP contribution in [0.1, 0.15) is 28.9 Å². The van der Waals surface area contributed by atoms with E-state index in [0.717, 1.165) is 44.0 Å². The van der Waals surface area contributed by atoms with E-state index < -0.39 is 0 Å². The summed E-state index contributed by atoms with van der Waals surface area (Å²) >= 11 is 0. The molecule has 1 aliphatic heterocycles. The van der Waals surface area contributed by atoms with Crippen LogP contribution >= 0.6 is 0 Å². The van der Waals surface area contributed by atoms with Crippen molar-refractivity contribution in [1.82, 2.24) is 24.9 Å². The molecule has 2 amide bonds. The average Bonchev–Trinajstić information content (AvgIpc) is 2.92. The van der Waals surface area contributed by atoms with E-state index in [1.165, 1.54) is 21.7 Å². The molecule has 1 aromatic carbocycles. The predicted molar refractivity (Wildman–Crippen MR) is 105 cm³/mol. The van der Waals surface area contributed by atoms with Crippen molar-refractivity contribution >= 4 is 6.03 Å². The van der Waals surface area contributed by atoms with Crippen LogP contribution < -0.4 is 10.1 Å². The fraction of sp³-hybridized carbons (Fsp3) is 0.500. The highest BCUT2D eigenvalue weighted by molar-refractivity contribution is 5.73. The van der Waals surface area contributed by atoms with Crippen molar-refractivity contribution in [2.75, 3.05) is 27.7 Å². The Morgan fingerprint density at radius 3 is 2.85 bits per heavy atom. The lowest BCUT2D eigenvalue weighted by Crippen LogP contribution is -2.34. The van der Waals surface area contributed by atoms with E-state index in [0.29, 0.717) is 6.54 Å². The number of hydrogen-bond acceptors (Lipinski definition) is 4. The van der Waals surface area contributed by atoms with Gasteiger partial charge >= 0.3 is 6.03 Å². The topological polar surface area (TPSA) is 62.6 Å². The molecule has 0 saturated heterocycles. The number of nitrogens with one attached hydrogen (secondary N) is 1. The molecule has 2 heterocycles. The van der Waals surface area contributed by atoms with Gasteiger partial charge in [-0.05, 0) is 31.0 Å². The highest BCUT2D eigenvalue weighted by Crippen LogP contribution is 2.23. The van der Waals surface area contributed by atoms with Crippen LogP contribution in [0.3, 0.4) is 0 Å². The van der Waals surface area contributed by atoms with Gasteiger partial charge < -0.3 is 15.0 Å². The van der Waals surface area contributed by atoms with Gasteiger partial charge in [-0.25, -0.2) is 4.79 Å². The Hall–Kier alpha value is -2.54. The monoisotopic (exact) mass is 371 g/mol. The third kappa shape index (κ3) is 4.80. The first-order valence-corrected chi connectivity index (χ1v) is 9.33. The molecule has 0 saturated carbocycles. The summed E-state index contributed by atoms with van der Waals surface area (Å²) < 4.78 is 7.63. The lowest BCUT2D eigenvalue weighted by atomic mass is 10.1. The smallest absolute Gasteiger partial charge is 0.317 e. The number of nitrogens with zero attached hydrogens (tertiary/aromatic N) is 4. The molecule has 7 heteroatoms. The Balaban J connectivity index is 1.68. The van der Waals surface area contributed by atoms with Gasteiger partial charge in [-0.3, -0.25) is 9.58 Å². The molecule has 7 nitrogen and oxygen atoms in total. The number of aromatic nitrogens is 2. The summed E-state index contributed by atoms with van der Waals surface area (Å²) in [7, 11) is 5.19. The van der Waals surface area contributed by atoms with Crippen LogP contribution in [0.15, 0.2) is 24.3 Å². The van der Waals surface area contributed by atoms with Gasteiger partial charge in [-0.2, -0.15) is 5.10 Å². The highest BCUT2D eigenvalue weighted by Gasteiger charge is 2.18. The summed E-state index contributed by atoms with van der Waals surface area (Å²) in [6, 6.07) is 8.36. The minimum Gasteiger partial charge on any atom is -0.496 e. The molecule has 0 aliphatic carbocycles. The van der Waals surface area contributed by atoms with E-state index in [1.807, 2.05) is 0 Å². The number of rotatable bonds is 5. The Morgan fingerprint density at radius 2 is 2.11 bits per heavy atom. The van der Waals surface area contributed by atoms with Crippen LogP contribution in [0.2, 0.25) is 0 Å². The van der Waals surface area contributed by atoms with Crippen molar-refractivity contribution in [3.8, 4) is 5.75 Å². The second-order valence-electron chi connectivity index (χ2n) is 7.28. The van der Waals surface area contributed by atoms with Gasteiger partial charge in [0.25, 0.3) is 0 Å². The number of benzene rings is 1. The van der Waals surface area contributed by atoms with Crippen molar-refractivity contribution in [1.29, 1.82) is 0 Å². The quantitative estimate of drug-likeness (QED) is 0.877.